The van der Waals surface area contributed by atoms with Crippen LogP contribution in [-0.2, 0) is 11.2 Å². The Hall–Kier alpha value is -1.58. The maximum atomic E-state index is 13.4. The fraction of sp³-hybridized carbons (Fsp3) is 0.562. The van der Waals surface area contributed by atoms with Gasteiger partial charge in [0.25, 0.3) is 0 Å². The van der Waals surface area contributed by atoms with Crippen molar-refractivity contribution in [2.75, 3.05) is 24.5 Å². The van der Waals surface area contributed by atoms with Gasteiger partial charge in [0.15, 0.2) is 0 Å². The number of anilines is 1. The number of amides is 1. The predicted molar refractivity (Wildman–Crippen MR) is 77.3 cm³/mol. The second-order valence-corrected chi connectivity index (χ2v) is 5.68. The van der Waals surface area contributed by atoms with Crippen LogP contribution in [0.4, 0.5) is 10.1 Å². The van der Waals surface area contributed by atoms with Crippen LogP contribution >= 0.6 is 0 Å². The lowest BCUT2D eigenvalue weighted by Gasteiger charge is -2.38. The summed E-state index contributed by atoms with van der Waals surface area (Å²) in [6.45, 7) is 4.55. The molecule has 20 heavy (non-hydrogen) atoms. The number of likely N-dealkylation sites (tertiary alicyclic amines) is 1. The van der Waals surface area contributed by atoms with Gasteiger partial charge >= 0.3 is 0 Å². The van der Waals surface area contributed by atoms with Gasteiger partial charge in [0.2, 0.25) is 5.91 Å². The van der Waals surface area contributed by atoms with E-state index in [9.17, 15) is 9.18 Å². The van der Waals surface area contributed by atoms with Crippen molar-refractivity contribution in [2.24, 2.45) is 0 Å². The third-order valence-electron chi connectivity index (χ3n) is 4.54. The van der Waals surface area contributed by atoms with Crippen molar-refractivity contribution in [2.45, 2.75) is 38.6 Å². The SMILES string of the molecule is CCC(=O)N1CCC(N2CCc3ccc(F)cc32)CC1. The van der Waals surface area contributed by atoms with Crippen LogP contribution in [0.2, 0.25) is 0 Å². The highest BCUT2D eigenvalue weighted by Gasteiger charge is 2.30. The van der Waals surface area contributed by atoms with Gasteiger partial charge in [-0.05, 0) is 37.0 Å². The minimum atomic E-state index is -0.158. The number of rotatable bonds is 2. The highest BCUT2D eigenvalue weighted by atomic mass is 19.1. The molecule has 2 aliphatic rings. The van der Waals surface area contributed by atoms with Crippen molar-refractivity contribution in [3.05, 3.63) is 29.6 Å². The molecular weight excluding hydrogens is 255 g/mol. The molecule has 0 atom stereocenters. The molecular formula is C16H21FN2O. The van der Waals surface area contributed by atoms with Gasteiger partial charge in [-0.1, -0.05) is 13.0 Å². The number of nitrogens with zero attached hydrogens (tertiary/aromatic N) is 2. The van der Waals surface area contributed by atoms with E-state index < -0.39 is 0 Å². The summed E-state index contributed by atoms with van der Waals surface area (Å²) in [6.07, 6.45) is 3.57. The van der Waals surface area contributed by atoms with Gasteiger partial charge in [0.1, 0.15) is 5.82 Å². The Morgan fingerprint density at radius 2 is 2.05 bits per heavy atom. The van der Waals surface area contributed by atoms with Crippen molar-refractivity contribution < 1.29 is 9.18 Å². The molecule has 1 aromatic carbocycles. The van der Waals surface area contributed by atoms with Gasteiger partial charge in [0, 0.05) is 37.8 Å². The van der Waals surface area contributed by atoms with Crippen LogP contribution in [0.5, 0.6) is 0 Å². The van der Waals surface area contributed by atoms with Crippen LogP contribution in [0.25, 0.3) is 0 Å². The molecule has 1 amide bonds. The maximum Gasteiger partial charge on any atom is 0.222 e. The number of fused-ring (bicyclic) bond motifs is 1. The number of hydrogen-bond acceptors (Lipinski definition) is 2. The second-order valence-electron chi connectivity index (χ2n) is 5.68. The summed E-state index contributed by atoms with van der Waals surface area (Å²) >= 11 is 0. The molecule has 1 aromatic rings. The molecule has 2 heterocycles. The highest BCUT2D eigenvalue weighted by molar-refractivity contribution is 5.76. The van der Waals surface area contributed by atoms with Gasteiger partial charge < -0.3 is 9.80 Å². The largest absolute Gasteiger partial charge is 0.368 e. The summed E-state index contributed by atoms with van der Waals surface area (Å²) in [6, 6.07) is 5.55. The number of carbonyl (C=O) groups is 1. The lowest BCUT2D eigenvalue weighted by atomic mass is 10.0. The van der Waals surface area contributed by atoms with Crippen LogP contribution in [0.3, 0.4) is 0 Å². The minimum absolute atomic E-state index is 0.158. The molecule has 1 fully saturated rings. The Labute approximate surface area is 119 Å². The Kier molecular flexibility index (Phi) is 3.64. The topological polar surface area (TPSA) is 23.6 Å². The fourth-order valence-electron chi connectivity index (χ4n) is 3.41. The Morgan fingerprint density at radius 1 is 1.30 bits per heavy atom. The third-order valence-corrected chi connectivity index (χ3v) is 4.54. The molecule has 0 spiro atoms. The van der Waals surface area contributed by atoms with Crippen molar-refractivity contribution in [3.8, 4) is 0 Å². The molecule has 0 N–H and O–H groups in total. The first-order valence-corrected chi connectivity index (χ1v) is 7.52. The summed E-state index contributed by atoms with van der Waals surface area (Å²) in [7, 11) is 0. The van der Waals surface area contributed by atoms with E-state index in [-0.39, 0.29) is 11.7 Å². The number of hydrogen-bond donors (Lipinski definition) is 0. The monoisotopic (exact) mass is 276 g/mol. The molecule has 0 aliphatic carbocycles. The van der Waals surface area contributed by atoms with Crippen LogP contribution in [0, 0.1) is 5.82 Å². The lowest BCUT2D eigenvalue weighted by Crippen LogP contribution is -2.46. The third kappa shape index (κ3) is 2.39. The van der Waals surface area contributed by atoms with Gasteiger partial charge in [-0.2, -0.15) is 0 Å². The quantitative estimate of drug-likeness (QED) is 0.829. The van der Waals surface area contributed by atoms with Crippen LogP contribution in [0.15, 0.2) is 18.2 Å². The number of piperidine rings is 1. The predicted octanol–water partition coefficient (Wildman–Crippen LogP) is 2.59. The van der Waals surface area contributed by atoms with Crippen LogP contribution in [-0.4, -0.2) is 36.5 Å². The maximum absolute atomic E-state index is 13.4. The van der Waals surface area contributed by atoms with E-state index in [0.717, 1.165) is 44.6 Å². The minimum Gasteiger partial charge on any atom is -0.368 e. The molecule has 2 aliphatic heterocycles. The fourth-order valence-corrected chi connectivity index (χ4v) is 3.41. The molecule has 3 nitrogen and oxygen atoms in total. The molecule has 0 unspecified atom stereocenters. The molecule has 3 rings (SSSR count). The lowest BCUT2D eigenvalue weighted by molar-refractivity contribution is -0.131. The average Bonchev–Trinajstić information content (AvgIpc) is 2.89. The smallest absolute Gasteiger partial charge is 0.222 e. The summed E-state index contributed by atoms with van der Waals surface area (Å²) in [4.78, 5) is 16.0. The zero-order valence-corrected chi connectivity index (χ0v) is 11.9. The number of carbonyl (C=O) groups excluding carboxylic acids is 1. The molecule has 0 aromatic heterocycles. The Bertz CT molecular complexity index is 509. The standard InChI is InChI=1S/C16H21FN2O/c1-2-16(20)18-8-6-14(7-9-18)19-10-5-12-3-4-13(17)11-15(12)19/h3-4,11,14H,2,5-10H2,1H3. The van der Waals surface area contributed by atoms with Gasteiger partial charge in [-0.25, -0.2) is 4.39 Å². The van der Waals surface area contributed by atoms with Gasteiger partial charge in [-0.3, -0.25) is 4.79 Å². The molecule has 0 saturated carbocycles. The Morgan fingerprint density at radius 3 is 2.75 bits per heavy atom. The summed E-state index contributed by atoms with van der Waals surface area (Å²) in [5.74, 6) is 0.0885. The average molecular weight is 276 g/mol. The summed E-state index contributed by atoms with van der Waals surface area (Å²) < 4.78 is 13.4. The first-order chi connectivity index (χ1) is 9.69. The highest BCUT2D eigenvalue weighted by Crippen LogP contribution is 2.33. The summed E-state index contributed by atoms with van der Waals surface area (Å²) in [5, 5.41) is 0. The van der Waals surface area contributed by atoms with E-state index in [1.54, 1.807) is 12.1 Å². The molecule has 1 saturated heterocycles. The molecule has 0 bridgehead atoms. The first-order valence-electron chi connectivity index (χ1n) is 7.52. The van der Waals surface area contributed by atoms with E-state index in [0.29, 0.717) is 12.5 Å². The zero-order chi connectivity index (χ0) is 14.1. The first kappa shape index (κ1) is 13.4. The van der Waals surface area contributed by atoms with Crippen LogP contribution in [0.1, 0.15) is 31.7 Å². The van der Waals surface area contributed by atoms with E-state index in [1.807, 2.05) is 17.9 Å². The van der Waals surface area contributed by atoms with E-state index in [2.05, 4.69) is 4.90 Å². The number of benzene rings is 1. The molecule has 108 valence electrons. The van der Waals surface area contributed by atoms with Gasteiger partial charge in [-0.15, -0.1) is 0 Å². The van der Waals surface area contributed by atoms with Crippen molar-refractivity contribution in [3.63, 3.8) is 0 Å². The zero-order valence-electron chi connectivity index (χ0n) is 11.9. The van der Waals surface area contributed by atoms with Crippen molar-refractivity contribution in [1.29, 1.82) is 0 Å². The van der Waals surface area contributed by atoms with E-state index in [1.165, 1.54) is 5.56 Å². The van der Waals surface area contributed by atoms with Crippen molar-refractivity contribution >= 4 is 11.6 Å². The molecule has 0 radical (unpaired) electrons. The van der Waals surface area contributed by atoms with E-state index in [4.69, 9.17) is 0 Å². The summed E-state index contributed by atoms with van der Waals surface area (Å²) in [5.41, 5.74) is 2.31. The van der Waals surface area contributed by atoms with E-state index >= 15 is 0 Å². The number of halogens is 1. The second kappa shape index (κ2) is 5.43. The Balaban J connectivity index is 1.69. The van der Waals surface area contributed by atoms with Gasteiger partial charge in [0.05, 0.1) is 0 Å². The normalized spacial score (nSPS) is 19.3. The van der Waals surface area contributed by atoms with Crippen molar-refractivity contribution in [1.82, 2.24) is 4.90 Å². The molecule has 4 heteroatoms. The van der Waals surface area contributed by atoms with Crippen LogP contribution < -0.4 is 4.90 Å².